The van der Waals surface area contributed by atoms with Crippen LogP contribution in [0.15, 0.2) is 0 Å². The smallest absolute Gasteiger partial charge is 0.236 e. The molecule has 0 aromatic carbocycles. The molecular weight excluding hydrogens is 258 g/mol. The molecule has 1 atom stereocenters. The standard InChI is InChI=1S/C14H27N3O3/c1-10(2)8-16-14(19)11(3)15-9-13(18)17-12-4-6-20-7-5-12/h10-12,15H,4-9H2,1-3H3,(H,16,19)(H,17,18). The highest BCUT2D eigenvalue weighted by Gasteiger charge is 2.17. The molecule has 1 heterocycles. The lowest BCUT2D eigenvalue weighted by Gasteiger charge is -2.23. The molecule has 116 valence electrons. The second kappa shape index (κ2) is 8.92. The van der Waals surface area contributed by atoms with E-state index in [4.69, 9.17) is 4.74 Å². The van der Waals surface area contributed by atoms with E-state index in [2.05, 4.69) is 16.0 Å². The van der Waals surface area contributed by atoms with E-state index in [1.807, 2.05) is 13.8 Å². The van der Waals surface area contributed by atoms with Crippen molar-refractivity contribution in [1.82, 2.24) is 16.0 Å². The highest BCUT2D eigenvalue weighted by molar-refractivity contribution is 5.83. The van der Waals surface area contributed by atoms with Gasteiger partial charge in [-0.15, -0.1) is 0 Å². The number of carbonyl (C=O) groups excluding carboxylic acids is 2. The van der Waals surface area contributed by atoms with E-state index in [0.717, 1.165) is 12.8 Å². The van der Waals surface area contributed by atoms with Gasteiger partial charge in [0, 0.05) is 25.8 Å². The van der Waals surface area contributed by atoms with Crippen molar-refractivity contribution in [2.24, 2.45) is 5.92 Å². The topological polar surface area (TPSA) is 79.5 Å². The summed E-state index contributed by atoms with van der Waals surface area (Å²) in [5.74, 6) is 0.279. The van der Waals surface area contributed by atoms with Crippen LogP contribution in [0.5, 0.6) is 0 Å². The van der Waals surface area contributed by atoms with Gasteiger partial charge in [-0.05, 0) is 25.7 Å². The van der Waals surface area contributed by atoms with E-state index in [1.54, 1.807) is 6.92 Å². The molecule has 1 unspecified atom stereocenters. The van der Waals surface area contributed by atoms with Crippen LogP contribution in [0, 0.1) is 5.92 Å². The molecular formula is C14H27N3O3. The van der Waals surface area contributed by atoms with Crippen LogP contribution in [0.4, 0.5) is 0 Å². The van der Waals surface area contributed by atoms with Gasteiger partial charge in [-0.2, -0.15) is 0 Å². The van der Waals surface area contributed by atoms with Gasteiger partial charge in [0.15, 0.2) is 0 Å². The van der Waals surface area contributed by atoms with Crippen molar-refractivity contribution in [1.29, 1.82) is 0 Å². The molecule has 1 fully saturated rings. The summed E-state index contributed by atoms with van der Waals surface area (Å²) < 4.78 is 5.24. The first-order chi connectivity index (χ1) is 9.49. The molecule has 2 amide bonds. The van der Waals surface area contributed by atoms with Crippen LogP contribution < -0.4 is 16.0 Å². The van der Waals surface area contributed by atoms with E-state index < -0.39 is 0 Å². The van der Waals surface area contributed by atoms with Crippen molar-refractivity contribution < 1.29 is 14.3 Å². The summed E-state index contributed by atoms with van der Waals surface area (Å²) >= 11 is 0. The van der Waals surface area contributed by atoms with E-state index in [1.165, 1.54) is 0 Å². The van der Waals surface area contributed by atoms with Gasteiger partial charge in [0.1, 0.15) is 0 Å². The summed E-state index contributed by atoms with van der Waals surface area (Å²) in [7, 11) is 0. The van der Waals surface area contributed by atoms with Crippen molar-refractivity contribution >= 4 is 11.8 Å². The van der Waals surface area contributed by atoms with Crippen molar-refractivity contribution in [3.05, 3.63) is 0 Å². The molecule has 0 radical (unpaired) electrons. The van der Waals surface area contributed by atoms with Crippen LogP contribution in [0.1, 0.15) is 33.6 Å². The number of hydrogen-bond acceptors (Lipinski definition) is 4. The van der Waals surface area contributed by atoms with Crippen LogP contribution in [0.25, 0.3) is 0 Å². The van der Waals surface area contributed by atoms with Crippen molar-refractivity contribution in [3.63, 3.8) is 0 Å². The maximum absolute atomic E-state index is 11.8. The van der Waals surface area contributed by atoms with E-state index in [9.17, 15) is 9.59 Å². The molecule has 0 aliphatic carbocycles. The Morgan fingerprint density at radius 2 is 1.85 bits per heavy atom. The third-order valence-electron chi connectivity index (χ3n) is 3.23. The Hall–Kier alpha value is -1.14. The molecule has 0 aromatic heterocycles. The Kier molecular flexibility index (Phi) is 7.54. The first-order valence-corrected chi connectivity index (χ1v) is 7.37. The summed E-state index contributed by atoms with van der Waals surface area (Å²) in [6.07, 6.45) is 1.71. The molecule has 0 spiro atoms. The van der Waals surface area contributed by atoms with Crippen molar-refractivity contribution in [3.8, 4) is 0 Å². The number of nitrogens with one attached hydrogen (secondary N) is 3. The van der Waals surface area contributed by atoms with Crippen LogP contribution in [0.3, 0.4) is 0 Å². The summed E-state index contributed by atoms with van der Waals surface area (Å²) in [5, 5.41) is 8.73. The number of amides is 2. The van der Waals surface area contributed by atoms with E-state index in [0.29, 0.717) is 25.7 Å². The zero-order chi connectivity index (χ0) is 15.0. The number of ether oxygens (including phenoxy) is 1. The predicted molar refractivity (Wildman–Crippen MR) is 77.3 cm³/mol. The minimum Gasteiger partial charge on any atom is -0.381 e. The molecule has 0 bridgehead atoms. The average molecular weight is 285 g/mol. The van der Waals surface area contributed by atoms with E-state index >= 15 is 0 Å². The lowest BCUT2D eigenvalue weighted by molar-refractivity contribution is -0.124. The molecule has 1 saturated heterocycles. The van der Waals surface area contributed by atoms with Gasteiger partial charge in [0.2, 0.25) is 11.8 Å². The third kappa shape index (κ3) is 6.86. The Balaban J connectivity index is 2.17. The molecule has 0 saturated carbocycles. The average Bonchev–Trinajstić information content (AvgIpc) is 2.43. The van der Waals surface area contributed by atoms with Crippen molar-refractivity contribution in [2.45, 2.75) is 45.7 Å². The molecule has 1 aliphatic heterocycles. The molecule has 1 rings (SSSR count). The monoisotopic (exact) mass is 285 g/mol. The first kappa shape index (κ1) is 16.9. The molecule has 1 aliphatic rings. The fourth-order valence-electron chi connectivity index (χ4n) is 1.92. The molecule has 6 nitrogen and oxygen atoms in total. The molecule has 3 N–H and O–H groups in total. The second-order valence-electron chi connectivity index (χ2n) is 5.70. The zero-order valence-corrected chi connectivity index (χ0v) is 12.7. The van der Waals surface area contributed by atoms with Crippen LogP contribution in [-0.2, 0) is 14.3 Å². The number of hydrogen-bond donors (Lipinski definition) is 3. The summed E-state index contributed by atoms with van der Waals surface area (Å²) in [6.45, 7) is 8.06. The van der Waals surface area contributed by atoms with Crippen molar-refractivity contribution in [2.75, 3.05) is 26.3 Å². The van der Waals surface area contributed by atoms with Crippen LogP contribution >= 0.6 is 0 Å². The predicted octanol–water partition coefficient (Wildman–Crippen LogP) is 0.0319. The van der Waals surface area contributed by atoms with Gasteiger partial charge in [0.05, 0.1) is 12.6 Å². The van der Waals surface area contributed by atoms with Crippen LogP contribution in [-0.4, -0.2) is 50.2 Å². The minimum atomic E-state index is -0.366. The highest BCUT2D eigenvalue weighted by Crippen LogP contribution is 2.05. The summed E-state index contributed by atoms with van der Waals surface area (Å²) in [4.78, 5) is 23.5. The Morgan fingerprint density at radius 3 is 2.45 bits per heavy atom. The fraction of sp³-hybridized carbons (Fsp3) is 0.857. The maximum atomic E-state index is 11.8. The summed E-state index contributed by atoms with van der Waals surface area (Å²) in [5.41, 5.74) is 0. The first-order valence-electron chi connectivity index (χ1n) is 7.37. The quantitative estimate of drug-likeness (QED) is 0.617. The largest absolute Gasteiger partial charge is 0.381 e. The van der Waals surface area contributed by atoms with Gasteiger partial charge >= 0.3 is 0 Å². The zero-order valence-electron chi connectivity index (χ0n) is 12.7. The molecule has 6 heteroatoms. The lowest BCUT2D eigenvalue weighted by atomic mass is 10.1. The van der Waals surface area contributed by atoms with Gasteiger partial charge in [-0.3, -0.25) is 14.9 Å². The number of carbonyl (C=O) groups is 2. The van der Waals surface area contributed by atoms with Gasteiger partial charge < -0.3 is 15.4 Å². The highest BCUT2D eigenvalue weighted by atomic mass is 16.5. The maximum Gasteiger partial charge on any atom is 0.236 e. The van der Waals surface area contributed by atoms with Gasteiger partial charge in [-0.1, -0.05) is 13.8 Å². The molecule has 0 aromatic rings. The number of rotatable bonds is 7. The Bertz CT molecular complexity index is 315. The normalized spacial score (nSPS) is 17.8. The Morgan fingerprint density at radius 1 is 1.20 bits per heavy atom. The molecule has 20 heavy (non-hydrogen) atoms. The van der Waals surface area contributed by atoms with Gasteiger partial charge in [0.25, 0.3) is 0 Å². The SMILES string of the molecule is CC(C)CNC(=O)C(C)NCC(=O)NC1CCOCC1. The minimum absolute atomic E-state index is 0.0691. The Labute approximate surface area is 121 Å². The van der Waals surface area contributed by atoms with Gasteiger partial charge in [-0.25, -0.2) is 0 Å². The third-order valence-corrected chi connectivity index (χ3v) is 3.23. The summed E-state index contributed by atoms with van der Waals surface area (Å²) in [6, 6.07) is -0.169. The second-order valence-corrected chi connectivity index (χ2v) is 5.70. The fourth-order valence-corrected chi connectivity index (χ4v) is 1.92. The lowest BCUT2D eigenvalue weighted by Crippen LogP contribution is -2.48. The van der Waals surface area contributed by atoms with Crippen LogP contribution in [0.2, 0.25) is 0 Å². The van der Waals surface area contributed by atoms with E-state index in [-0.39, 0.29) is 30.4 Å².